The number of carbonyl (C=O) groups is 2. The molecule has 1 fully saturated rings. The Hall–Kier alpha value is -3.51. The van der Waals surface area contributed by atoms with Crippen molar-refractivity contribution in [2.75, 3.05) is 26.7 Å². The van der Waals surface area contributed by atoms with Gasteiger partial charge in [0.2, 0.25) is 0 Å². The van der Waals surface area contributed by atoms with Gasteiger partial charge in [0, 0.05) is 36.6 Å². The first-order valence-electron chi connectivity index (χ1n) is 11.8. The molecular formula is C28H32N4O2. The number of carbonyl (C=O) groups excluding carboxylic acids is 2. The number of amides is 2. The Kier molecular flexibility index (Phi) is 7.38. The van der Waals surface area contributed by atoms with E-state index in [4.69, 9.17) is 0 Å². The van der Waals surface area contributed by atoms with Gasteiger partial charge in [-0.05, 0) is 91.5 Å². The van der Waals surface area contributed by atoms with E-state index in [2.05, 4.69) is 34.5 Å². The number of pyridine rings is 1. The molecule has 0 unspecified atom stereocenters. The van der Waals surface area contributed by atoms with Crippen LogP contribution in [0.25, 0.3) is 11.1 Å². The molecule has 176 valence electrons. The summed E-state index contributed by atoms with van der Waals surface area (Å²) in [5.41, 5.74) is 4.33. The molecule has 1 saturated heterocycles. The lowest BCUT2D eigenvalue weighted by Gasteiger charge is -2.37. The molecule has 4 rings (SSSR count). The summed E-state index contributed by atoms with van der Waals surface area (Å²) in [5, 5.41) is 6.06. The summed E-state index contributed by atoms with van der Waals surface area (Å²) >= 11 is 0. The van der Waals surface area contributed by atoms with Gasteiger partial charge in [0.05, 0.1) is 0 Å². The van der Waals surface area contributed by atoms with Gasteiger partial charge >= 0.3 is 0 Å². The van der Waals surface area contributed by atoms with E-state index in [0.29, 0.717) is 24.2 Å². The van der Waals surface area contributed by atoms with E-state index >= 15 is 0 Å². The van der Waals surface area contributed by atoms with Crippen molar-refractivity contribution in [1.29, 1.82) is 0 Å². The largest absolute Gasteiger partial charge is 0.351 e. The van der Waals surface area contributed by atoms with Gasteiger partial charge in [-0.1, -0.05) is 31.2 Å². The van der Waals surface area contributed by atoms with Crippen molar-refractivity contribution >= 4 is 11.8 Å². The van der Waals surface area contributed by atoms with Crippen LogP contribution in [-0.2, 0) is 6.54 Å². The lowest BCUT2D eigenvalue weighted by molar-refractivity contribution is 0.0891. The Balaban J connectivity index is 1.31. The average Bonchev–Trinajstić information content (AvgIpc) is 2.88. The van der Waals surface area contributed by atoms with E-state index < -0.39 is 0 Å². The molecule has 0 spiro atoms. The average molecular weight is 457 g/mol. The fourth-order valence-corrected chi connectivity index (χ4v) is 4.20. The second kappa shape index (κ2) is 10.6. The molecule has 0 radical (unpaired) electrons. The summed E-state index contributed by atoms with van der Waals surface area (Å²) in [7, 11) is 2.14. The van der Waals surface area contributed by atoms with Gasteiger partial charge in [-0.2, -0.15) is 0 Å². The number of benzene rings is 2. The van der Waals surface area contributed by atoms with Gasteiger partial charge in [0.1, 0.15) is 0 Å². The lowest BCUT2D eigenvalue weighted by Crippen LogP contribution is -2.43. The van der Waals surface area contributed by atoms with Crippen LogP contribution in [0.5, 0.6) is 0 Å². The molecule has 6 nitrogen and oxygen atoms in total. The maximum atomic E-state index is 12.7. The summed E-state index contributed by atoms with van der Waals surface area (Å²) in [6.45, 7) is 5.41. The normalized spacial score (nSPS) is 15.5. The minimum atomic E-state index is -0.147. The molecule has 2 N–H and O–H groups in total. The van der Waals surface area contributed by atoms with Gasteiger partial charge < -0.3 is 15.5 Å². The van der Waals surface area contributed by atoms with E-state index in [-0.39, 0.29) is 17.2 Å². The molecule has 34 heavy (non-hydrogen) atoms. The van der Waals surface area contributed by atoms with Gasteiger partial charge in [0.25, 0.3) is 11.8 Å². The first-order chi connectivity index (χ1) is 16.4. The molecule has 1 aromatic heterocycles. The highest BCUT2D eigenvalue weighted by Gasteiger charge is 2.29. The van der Waals surface area contributed by atoms with E-state index in [1.54, 1.807) is 12.4 Å². The van der Waals surface area contributed by atoms with Crippen molar-refractivity contribution in [2.45, 2.75) is 26.3 Å². The molecule has 0 atom stereocenters. The summed E-state index contributed by atoms with van der Waals surface area (Å²) in [6, 6.07) is 18.8. The van der Waals surface area contributed by atoms with Gasteiger partial charge in [0.15, 0.2) is 0 Å². The van der Waals surface area contributed by atoms with Crippen LogP contribution in [0.1, 0.15) is 46.0 Å². The maximum Gasteiger partial charge on any atom is 0.251 e. The molecule has 2 aromatic carbocycles. The fourth-order valence-electron chi connectivity index (χ4n) is 4.20. The van der Waals surface area contributed by atoms with Crippen LogP contribution < -0.4 is 10.6 Å². The van der Waals surface area contributed by atoms with Crippen LogP contribution in [0.2, 0.25) is 0 Å². The third-order valence-electron chi connectivity index (χ3n) is 6.67. The van der Waals surface area contributed by atoms with Crippen molar-refractivity contribution in [3.8, 4) is 11.1 Å². The summed E-state index contributed by atoms with van der Waals surface area (Å²) in [5.74, 6) is -0.216. The van der Waals surface area contributed by atoms with Crippen LogP contribution >= 0.6 is 0 Å². The van der Waals surface area contributed by atoms with E-state index in [1.165, 1.54) is 0 Å². The smallest absolute Gasteiger partial charge is 0.251 e. The Bertz CT molecular complexity index is 1120. The molecule has 6 heteroatoms. The first-order valence-corrected chi connectivity index (χ1v) is 11.8. The summed E-state index contributed by atoms with van der Waals surface area (Å²) in [6.07, 6.45) is 5.66. The second-order valence-electron chi connectivity index (χ2n) is 9.49. The lowest BCUT2D eigenvalue weighted by atomic mass is 9.80. The third kappa shape index (κ3) is 6.08. The van der Waals surface area contributed by atoms with Crippen LogP contribution in [0.4, 0.5) is 0 Å². The standard InChI is InChI=1S/C28H32N4O2/c1-28(12-16-32(2)17-13-28)20-31-27(34)25-5-3-4-21(18-25)19-30-26(33)24-8-6-22(7-9-24)23-10-14-29-15-11-23/h3-11,14-15,18H,12-13,16-17,19-20H2,1-2H3,(H,30,33)(H,31,34). The molecule has 1 aliphatic heterocycles. The summed E-state index contributed by atoms with van der Waals surface area (Å²) < 4.78 is 0. The van der Waals surface area contributed by atoms with Crippen LogP contribution in [0.15, 0.2) is 73.1 Å². The van der Waals surface area contributed by atoms with Gasteiger partial charge in [-0.25, -0.2) is 0 Å². The molecule has 2 heterocycles. The predicted octanol–water partition coefficient (Wildman–Crippen LogP) is 4.14. The number of nitrogens with one attached hydrogen (secondary N) is 2. The zero-order valence-corrected chi connectivity index (χ0v) is 19.9. The van der Waals surface area contributed by atoms with E-state index in [1.807, 2.05) is 60.7 Å². The number of nitrogens with zero attached hydrogens (tertiary/aromatic N) is 2. The first kappa shape index (κ1) is 23.6. The highest BCUT2D eigenvalue weighted by Crippen LogP contribution is 2.29. The molecule has 3 aromatic rings. The molecule has 0 saturated carbocycles. The predicted molar refractivity (Wildman–Crippen MR) is 134 cm³/mol. The highest BCUT2D eigenvalue weighted by molar-refractivity contribution is 5.95. The van der Waals surface area contributed by atoms with Crippen molar-refractivity contribution in [3.05, 3.63) is 89.7 Å². The minimum Gasteiger partial charge on any atom is -0.351 e. The number of aromatic nitrogens is 1. The number of hydrogen-bond donors (Lipinski definition) is 2. The number of likely N-dealkylation sites (tertiary alicyclic amines) is 1. The number of rotatable bonds is 7. The maximum absolute atomic E-state index is 12.7. The van der Waals surface area contributed by atoms with Crippen molar-refractivity contribution in [2.24, 2.45) is 5.41 Å². The molecule has 1 aliphatic rings. The number of piperidine rings is 1. The van der Waals surface area contributed by atoms with Crippen molar-refractivity contribution < 1.29 is 9.59 Å². The van der Waals surface area contributed by atoms with E-state index in [9.17, 15) is 9.59 Å². The molecule has 2 amide bonds. The molecular weight excluding hydrogens is 424 g/mol. The quantitative estimate of drug-likeness (QED) is 0.560. The Morgan fingerprint density at radius 3 is 2.24 bits per heavy atom. The monoisotopic (exact) mass is 456 g/mol. The zero-order chi connectivity index (χ0) is 24.0. The Labute approximate surface area is 201 Å². The van der Waals surface area contributed by atoms with Gasteiger partial charge in [-0.15, -0.1) is 0 Å². The highest BCUT2D eigenvalue weighted by atomic mass is 16.2. The van der Waals surface area contributed by atoms with Crippen LogP contribution in [0, 0.1) is 5.41 Å². The van der Waals surface area contributed by atoms with Gasteiger partial charge in [-0.3, -0.25) is 14.6 Å². The third-order valence-corrected chi connectivity index (χ3v) is 6.67. The fraction of sp³-hybridized carbons (Fsp3) is 0.321. The van der Waals surface area contributed by atoms with Crippen molar-refractivity contribution in [3.63, 3.8) is 0 Å². The van der Waals surface area contributed by atoms with Crippen LogP contribution in [-0.4, -0.2) is 48.4 Å². The second-order valence-corrected chi connectivity index (χ2v) is 9.49. The SMILES string of the molecule is CN1CCC(C)(CNC(=O)c2cccc(CNC(=O)c3ccc(-c4ccncc4)cc3)c2)CC1. The zero-order valence-electron chi connectivity index (χ0n) is 19.9. The summed E-state index contributed by atoms with van der Waals surface area (Å²) in [4.78, 5) is 31.7. The molecule has 0 bridgehead atoms. The van der Waals surface area contributed by atoms with Crippen LogP contribution in [0.3, 0.4) is 0 Å². The Morgan fingerprint density at radius 2 is 1.53 bits per heavy atom. The molecule has 0 aliphatic carbocycles. The van der Waals surface area contributed by atoms with Crippen molar-refractivity contribution in [1.82, 2.24) is 20.5 Å². The minimum absolute atomic E-state index is 0.0694. The Morgan fingerprint density at radius 1 is 0.882 bits per heavy atom. The topological polar surface area (TPSA) is 74.3 Å². The number of hydrogen-bond acceptors (Lipinski definition) is 4. The van der Waals surface area contributed by atoms with E-state index in [0.717, 1.165) is 42.6 Å².